The van der Waals surface area contributed by atoms with Crippen LogP contribution < -0.4 is 10.2 Å². The zero-order chi connectivity index (χ0) is 18.4. The Hall–Kier alpha value is -1.71. The molecule has 1 heterocycles. The van der Waals surface area contributed by atoms with Crippen LogP contribution in [0, 0.1) is 3.57 Å². The fourth-order valence-electron chi connectivity index (χ4n) is 2.19. The van der Waals surface area contributed by atoms with Crippen molar-refractivity contribution < 1.29 is 4.74 Å². The number of thiazole rings is 1. The Labute approximate surface area is 178 Å². The van der Waals surface area contributed by atoms with Crippen LogP contribution in [0.15, 0.2) is 70.1 Å². The summed E-state index contributed by atoms with van der Waals surface area (Å²) in [6.07, 6.45) is 3.45. The number of hydrogen-bond donors (Lipinski definition) is 1. The van der Waals surface area contributed by atoms with Gasteiger partial charge >= 0.3 is 0 Å². The van der Waals surface area contributed by atoms with Crippen LogP contribution in [0.25, 0.3) is 11.3 Å². The number of anilines is 1. The Balaban J connectivity index is 1.75. The molecule has 0 saturated carbocycles. The number of hydrazone groups is 1. The number of ether oxygens (including phenoxy) is 1. The molecule has 0 bridgehead atoms. The average Bonchev–Trinajstić information content (AvgIpc) is 3.11. The Bertz CT molecular complexity index is 928. The lowest BCUT2D eigenvalue weighted by atomic mass is 10.2. The fraction of sp³-hybridized carbons (Fsp3) is 0.0526. The number of nitrogens with one attached hydrogen (secondary N) is 1. The van der Waals surface area contributed by atoms with Crippen molar-refractivity contribution >= 4 is 61.2 Å². The number of benzene rings is 2. The van der Waals surface area contributed by atoms with Gasteiger partial charge in [0.05, 0.1) is 15.5 Å². The fourth-order valence-corrected chi connectivity index (χ4v) is 4.57. The quantitative estimate of drug-likeness (QED) is 0.168. The van der Waals surface area contributed by atoms with Crippen molar-refractivity contribution in [3.8, 4) is 17.0 Å². The molecule has 2 aromatic carbocycles. The lowest BCUT2D eigenvalue weighted by Crippen LogP contribution is -2.00. The summed E-state index contributed by atoms with van der Waals surface area (Å²) in [6.45, 7) is 4.14. The second-order valence-electron chi connectivity index (χ2n) is 5.18. The van der Waals surface area contributed by atoms with Gasteiger partial charge in [0.15, 0.2) is 0 Å². The molecule has 0 aliphatic rings. The van der Waals surface area contributed by atoms with Crippen LogP contribution in [0.2, 0.25) is 0 Å². The molecule has 0 amide bonds. The lowest BCUT2D eigenvalue weighted by molar-refractivity contribution is 0.360. The standard InChI is InChI=1S/C19H15BrIN3OS/c1-2-8-25-18-14(9-15(20)10-16(18)21)11-22-24-19-23-17(12-26-19)13-6-4-3-5-7-13/h2-7,9-12H,1,8H2,(H,23,24). The maximum absolute atomic E-state index is 5.76. The summed E-state index contributed by atoms with van der Waals surface area (Å²) in [4.78, 5) is 4.56. The van der Waals surface area contributed by atoms with E-state index in [1.807, 2.05) is 47.8 Å². The predicted molar refractivity (Wildman–Crippen MR) is 121 cm³/mol. The smallest absolute Gasteiger partial charge is 0.203 e. The van der Waals surface area contributed by atoms with Gasteiger partial charge in [0, 0.05) is 21.0 Å². The maximum Gasteiger partial charge on any atom is 0.203 e. The summed E-state index contributed by atoms with van der Waals surface area (Å²) in [7, 11) is 0. The van der Waals surface area contributed by atoms with Gasteiger partial charge in [0.1, 0.15) is 12.4 Å². The van der Waals surface area contributed by atoms with Crippen LogP contribution in [0.1, 0.15) is 5.56 Å². The van der Waals surface area contributed by atoms with E-state index in [4.69, 9.17) is 4.74 Å². The van der Waals surface area contributed by atoms with Gasteiger partial charge in [-0.15, -0.1) is 11.3 Å². The molecule has 0 aliphatic carbocycles. The molecule has 0 saturated heterocycles. The third-order valence-corrected chi connectivity index (χ3v) is 5.33. The Morgan fingerprint density at radius 3 is 2.88 bits per heavy atom. The summed E-state index contributed by atoms with van der Waals surface area (Å²) in [5.74, 6) is 0.781. The van der Waals surface area contributed by atoms with Gasteiger partial charge in [-0.3, -0.25) is 5.43 Å². The molecular weight excluding hydrogens is 525 g/mol. The lowest BCUT2D eigenvalue weighted by Gasteiger charge is -2.10. The molecular formula is C19H15BrIN3OS. The number of rotatable bonds is 7. The van der Waals surface area contributed by atoms with Crippen molar-refractivity contribution in [2.75, 3.05) is 12.0 Å². The van der Waals surface area contributed by atoms with Crippen LogP contribution >= 0.6 is 49.9 Å². The molecule has 26 heavy (non-hydrogen) atoms. The first-order valence-corrected chi connectivity index (χ1v) is 10.5. The van der Waals surface area contributed by atoms with Crippen LogP contribution in [-0.2, 0) is 0 Å². The first-order valence-electron chi connectivity index (χ1n) is 7.70. The molecule has 4 nitrogen and oxygen atoms in total. The number of aromatic nitrogens is 1. The highest BCUT2D eigenvalue weighted by molar-refractivity contribution is 14.1. The summed E-state index contributed by atoms with van der Waals surface area (Å²) >= 11 is 7.26. The topological polar surface area (TPSA) is 46.5 Å². The van der Waals surface area contributed by atoms with Crippen molar-refractivity contribution in [2.45, 2.75) is 0 Å². The average molecular weight is 540 g/mol. The van der Waals surface area contributed by atoms with Gasteiger partial charge < -0.3 is 4.74 Å². The van der Waals surface area contributed by atoms with Crippen LogP contribution in [-0.4, -0.2) is 17.8 Å². The molecule has 132 valence electrons. The third kappa shape index (κ3) is 4.93. The minimum atomic E-state index is 0.443. The number of halogens is 2. The van der Waals surface area contributed by atoms with Crippen molar-refractivity contribution in [3.63, 3.8) is 0 Å². The minimum absolute atomic E-state index is 0.443. The van der Waals surface area contributed by atoms with E-state index >= 15 is 0 Å². The highest BCUT2D eigenvalue weighted by atomic mass is 127. The van der Waals surface area contributed by atoms with Crippen molar-refractivity contribution in [3.05, 3.63) is 74.1 Å². The zero-order valence-electron chi connectivity index (χ0n) is 13.7. The molecule has 0 radical (unpaired) electrons. The van der Waals surface area contributed by atoms with E-state index in [0.29, 0.717) is 6.61 Å². The summed E-state index contributed by atoms with van der Waals surface area (Å²) in [5.41, 5.74) is 5.88. The third-order valence-electron chi connectivity index (χ3n) is 3.32. The van der Waals surface area contributed by atoms with Gasteiger partial charge in [-0.2, -0.15) is 5.10 Å². The van der Waals surface area contributed by atoms with Crippen LogP contribution in [0.3, 0.4) is 0 Å². The maximum atomic E-state index is 5.76. The summed E-state index contributed by atoms with van der Waals surface area (Å²) in [6, 6.07) is 14.0. The van der Waals surface area contributed by atoms with Gasteiger partial charge in [-0.1, -0.05) is 58.9 Å². The largest absolute Gasteiger partial charge is 0.488 e. The molecule has 3 rings (SSSR count). The van der Waals surface area contributed by atoms with E-state index in [2.05, 4.69) is 60.6 Å². The first-order chi connectivity index (χ1) is 12.7. The molecule has 7 heteroatoms. The van der Waals surface area contributed by atoms with E-state index in [-0.39, 0.29) is 0 Å². The molecule has 0 spiro atoms. The molecule has 1 aromatic heterocycles. The van der Waals surface area contributed by atoms with Gasteiger partial charge in [-0.05, 0) is 34.7 Å². The van der Waals surface area contributed by atoms with E-state index in [9.17, 15) is 0 Å². The number of hydrogen-bond acceptors (Lipinski definition) is 5. The molecule has 1 N–H and O–H groups in total. The molecule has 3 aromatic rings. The normalized spacial score (nSPS) is 10.8. The first kappa shape index (κ1) is 19.1. The SMILES string of the molecule is C=CCOc1c(I)cc(Br)cc1C=NNc1nc(-c2ccccc2)cs1. The van der Waals surface area contributed by atoms with E-state index in [1.54, 1.807) is 12.3 Å². The molecule has 0 fully saturated rings. The second kappa shape index (κ2) is 9.29. The summed E-state index contributed by atoms with van der Waals surface area (Å²) < 4.78 is 7.73. The van der Waals surface area contributed by atoms with Gasteiger partial charge in [0.2, 0.25) is 5.13 Å². The Kier molecular flexibility index (Phi) is 6.81. The predicted octanol–water partition coefficient (Wildman–Crippen LogP) is 6.19. The van der Waals surface area contributed by atoms with E-state index in [1.165, 1.54) is 11.3 Å². The highest BCUT2D eigenvalue weighted by Gasteiger charge is 2.09. The minimum Gasteiger partial charge on any atom is -0.488 e. The van der Waals surface area contributed by atoms with E-state index in [0.717, 1.165) is 35.7 Å². The second-order valence-corrected chi connectivity index (χ2v) is 8.12. The Morgan fingerprint density at radius 2 is 2.12 bits per heavy atom. The molecule has 0 atom stereocenters. The highest BCUT2D eigenvalue weighted by Crippen LogP contribution is 2.29. The molecule has 0 unspecified atom stereocenters. The Morgan fingerprint density at radius 1 is 1.31 bits per heavy atom. The molecule has 0 aliphatic heterocycles. The zero-order valence-corrected chi connectivity index (χ0v) is 18.2. The number of nitrogens with zero attached hydrogens (tertiary/aromatic N) is 2. The summed E-state index contributed by atoms with van der Waals surface area (Å²) in [5, 5.41) is 7.06. The van der Waals surface area contributed by atoms with Gasteiger partial charge in [-0.25, -0.2) is 4.98 Å². The van der Waals surface area contributed by atoms with Crippen molar-refractivity contribution in [1.82, 2.24) is 4.98 Å². The van der Waals surface area contributed by atoms with Crippen molar-refractivity contribution in [2.24, 2.45) is 5.10 Å². The monoisotopic (exact) mass is 539 g/mol. The van der Waals surface area contributed by atoms with Crippen LogP contribution in [0.4, 0.5) is 5.13 Å². The van der Waals surface area contributed by atoms with Gasteiger partial charge in [0.25, 0.3) is 0 Å². The van der Waals surface area contributed by atoms with E-state index < -0.39 is 0 Å². The van der Waals surface area contributed by atoms with Crippen LogP contribution in [0.5, 0.6) is 5.75 Å². The van der Waals surface area contributed by atoms with Crippen molar-refractivity contribution in [1.29, 1.82) is 0 Å².